The number of nitrogens with zero attached hydrogens (tertiary/aromatic N) is 2. The summed E-state index contributed by atoms with van der Waals surface area (Å²) in [5.41, 5.74) is 1.77. The number of carbonyl (C=O) groups is 2. The van der Waals surface area contributed by atoms with Crippen LogP contribution in [0.25, 0.3) is 0 Å². The third-order valence-corrected chi connectivity index (χ3v) is 5.19. The molecule has 3 aliphatic heterocycles. The van der Waals surface area contributed by atoms with Gasteiger partial charge in [0.15, 0.2) is 0 Å². The third-order valence-electron chi connectivity index (χ3n) is 5.19. The Morgan fingerprint density at radius 3 is 3.00 bits per heavy atom. The van der Waals surface area contributed by atoms with Gasteiger partial charge in [0.2, 0.25) is 5.91 Å². The number of rotatable bonds is 1. The Kier molecular flexibility index (Phi) is 3.92. The van der Waals surface area contributed by atoms with Gasteiger partial charge < -0.3 is 19.3 Å². The summed E-state index contributed by atoms with van der Waals surface area (Å²) < 4.78 is 11.2. The molecule has 1 aromatic carbocycles. The molecule has 0 N–H and O–H groups in total. The molecule has 0 radical (unpaired) electrons. The van der Waals surface area contributed by atoms with Crippen molar-refractivity contribution in [3.63, 3.8) is 0 Å². The van der Waals surface area contributed by atoms with Crippen LogP contribution in [-0.4, -0.2) is 67.6 Å². The molecule has 3 aliphatic rings. The molecule has 0 aliphatic carbocycles. The monoisotopic (exact) mass is 330 g/mol. The van der Waals surface area contributed by atoms with Gasteiger partial charge in [0.05, 0.1) is 31.8 Å². The first-order valence-electron chi connectivity index (χ1n) is 8.53. The summed E-state index contributed by atoms with van der Waals surface area (Å²) in [6.07, 6.45) is 1.92. The molecule has 1 aromatic rings. The minimum Gasteiger partial charge on any atom is -0.493 e. The molecule has 2 bridgehead atoms. The van der Waals surface area contributed by atoms with Crippen LogP contribution in [0.4, 0.5) is 0 Å². The quantitative estimate of drug-likeness (QED) is 0.769. The van der Waals surface area contributed by atoms with Gasteiger partial charge in [-0.25, -0.2) is 0 Å². The summed E-state index contributed by atoms with van der Waals surface area (Å²) in [4.78, 5) is 29.0. The van der Waals surface area contributed by atoms with Crippen molar-refractivity contribution in [2.45, 2.75) is 18.9 Å². The van der Waals surface area contributed by atoms with E-state index in [1.54, 1.807) is 11.9 Å². The minimum absolute atomic E-state index is 0.0108. The van der Waals surface area contributed by atoms with E-state index in [2.05, 4.69) is 0 Å². The summed E-state index contributed by atoms with van der Waals surface area (Å²) in [6.45, 7) is 2.56. The number of fused-ring (bicyclic) bond motifs is 4. The van der Waals surface area contributed by atoms with Crippen molar-refractivity contribution in [2.75, 3.05) is 40.0 Å². The molecule has 0 spiro atoms. The lowest BCUT2D eigenvalue weighted by Crippen LogP contribution is -2.45. The highest BCUT2D eigenvalue weighted by Gasteiger charge is 2.39. The van der Waals surface area contributed by atoms with Crippen molar-refractivity contribution in [1.82, 2.24) is 9.80 Å². The van der Waals surface area contributed by atoms with E-state index in [-0.39, 0.29) is 23.8 Å². The zero-order valence-electron chi connectivity index (χ0n) is 13.9. The fourth-order valence-corrected chi connectivity index (χ4v) is 3.74. The largest absolute Gasteiger partial charge is 0.493 e. The van der Waals surface area contributed by atoms with Gasteiger partial charge in [-0.15, -0.1) is 0 Å². The molecular weight excluding hydrogens is 308 g/mol. The second kappa shape index (κ2) is 6.09. The summed E-state index contributed by atoms with van der Waals surface area (Å²) in [7, 11) is 1.80. The van der Waals surface area contributed by atoms with Crippen LogP contribution in [-0.2, 0) is 16.0 Å². The van der Waals surface area contributed by atoms with Crippen molar-refractivity contribution in [1.29, 1.82) is 0 Å². The summed E-state index contributed by atoms with van der Waals surface area (Å²) >= 11 is 0. The molecule has 0 unspecified atom stereocenters. The fraction of sp³-hybridized carbons (Fsp3) is 0.556. The first-order chi connectivity index (χ1) is 11.6. The lowest BCUT2D eigenvalue weighted by Gasteiger charge is -2.29. The first kappa shape index (κ1) is 15.4. The number of amides is 2. The molecule has 2 saturated heterocycles. The third kappa shape index (κ3) is 2.65. The highest BCUT2D eigenvalue weighted by Crippen LogP contribution is 2.27. The predicted molar refractivity (Wildman–Crippen MR) is 87.0 cm³/mol. The smallest absolute Gasteiger partial charge is 0.253 e. The second-order valence-electron chi connectivity index (χ2n) is 6.82. The molecule has 2 fully saturated rings. The average Bonchev–Trinajstić information content (AvgIpc) is 2.79. The highest BCUT2D eigenvalue weighted by molar-refractivity contribution is 5.95. The van der Waals surface area contributed by atoms with E-state index in [1.807, 2.05) is 23.1 Å². The van der Waals surface area contributed by atoms with Gasteiger partial charge in [0.1, 0.15) is 5.75 Å². The van der Waals surface area contributed by atoms with E-state index in [4.69, 9.17) is 9.47 Å². The van der Waals surface area contributed by atoms with E-state index in [1.165, 1.54) is 0 Å². The van der Waals surface area contributed by atoms with Gasteiger partial charge in [-0.2, -0.15) is 0 Å². The fourth-order valence-electron chi connectivity index (χ4n) is 3.74. The van der Waals surface area contributed by atoms with Gasteiger partial charge in [-0.3, -0.25) is 9.59 Å². The topological polar surface area (TPSA) is 59.1 Å². The van der Waals surface area contributed by atoms with Crippen LogP contribution in [0.5, 0.6) is 5.75 Å². The molecule has 0 saturated carbocycles. The Balaban J connectivity index is 1.59. The van der Waals surface area contributed by atoms with E-state index >= 15 is 0 Å². The van der Waals surface area contributed by atoms with Crippen molar-refractivity contribution in [3.8, 4) is 5.75 Å². The van der Waals surface area contributed by atoms with Crippen molar-refractivity contribution < 1.29 is 19.1 Å². The summed E-state index contributed by atoms with van der Waals surface area (Å²) in [6, 6.07) is 5.59. The van der Waals surface area contributed by atoms with Gasteiger partial charge in [0.25, 0.3) is 5.91 Å². The SMILES string of the molecule is CN1C(=O)[C@H]2COC[C@@H]1CN(C(=O)c1ccc3c(c1)CCCO3)C2. The maximum absolute atomic E-state index is 13.0. The molecule has 6 nitrogen and oxygen atoms in total. The van der Waals surface area contributed by atoms with Crippen molar-refractivity contribution in [3.05, 3.63) is 29.3 Å². The molecule has 0 aromatic heterocycles. The lowest BCUT2D eigenvalue weighted by atomic mass is 10.0. The molecule has 6 heteroatoms. The number of carbonyl (C=O) groups excluding carboxylic acids is 2. The van der Waals surface area contributed by atoms with Gasteiger partial charge in [0, 0.05) is 25.7 Å². The number of benzene rings is 1. The van der Waals surface area contributed by atoms with Crippen LogP contribution in [0.3, 0.4) is 0 Å². The first-order valence-corrected chi connectivity index (χ1v) is 8.53. The van der Waals surface area contributed by atoms with Crippen molar-refractivity contribution >= 4 is 11.8 Å². The normalized spacial score (nSPS) is 26.5. The maximum atomic E-state index is 13.0. The molecular formula is C18H22N2O4. The molecule has 3 heterocycles. The molecule has 128 valence electrons. The zero-order valence-corrected chi connectivity index (χ0v) is 13.9. The Morgan fingerprint density at radius 2 is 2.12 bits per heavy atom. The van der Waals surface area contributed by atoms with Crippen LogP contribution in [0.15, 0.2) is 18.2 Å². The van der Waals surface area contributed by atoms with Crippen LogP contribution in [0.2, 0.25) is 0 Å². The van der Waals surface area contributed by atoms with Gasteiger partial charge >= 0.3 is 0 Å². The molecule has 24 heavy (non-hydrogen) atoms. The second-order valence-corrected chi connectivity index (χ2v) is 6.82. The zero-order chi connectivity index (χ0) is 16.7. The summed E-state index contributed by atoms with van der Waals surface area (Å²) in [5.74, 6) is 0.677. The number of hydrogen-bond donors (Lipinski definition) is 0. The van der Waals surface area contributed by atoms with Crippen LogP contribution < -0.4 is 4.74 Å². The Hall–Kier alpha value is -2.08. The van der Waals surface area contributed by atoms with Crippen LogP contribution in [0.1, 0.15) is 22.3 Å². The maximum Gasteiger partial charge on any atom is 0.253 e. The molecule has 4 rings (SSSR count). The summed E-state index contributed by atoms with van der Waals surface area (Å²) in [5, 5.41) is 0. The van der Waals surface area contributed by atoms with Gasteiger partial charge in [-0.1, -0.05) is 0 Å². The number of likely N-dealkylation sites (N-methyl/N-ethyl adjacent to an activating group) is 1. The van der Waals surface area contributed by atoms with E-state index in [0.717, 1.165) is 30.8 Å². The van der Waals surface area contributed by atoms with E-state index in [0.29, 0.717) is 31.9 Å². The minimum atomic E-state index is -0.271. The highest BCUT2D eigenvalue weighted by atomic mass is 16.5. The number of hydrogen-bond acceptors (Lipinski definition) is 4. The van der Waals surface area contributed by atoms with Crippen LogP contribution >= 0.6 is 0 Å². The van der Waals surface area contributed by atoms with Gasteiger partial charge in [-0.05, 0) is 36.6 Å². The average molecular weight is 330 g/mol. The number of aryl methyl sites for hydroxylation is 1. The Morgan fingerprint density at radius 1 is 1.25 bits per heavy atom. The standard InChI is InChI=1S/C18H22N2O4/c1-19-15-9-20(8-14(17(19)21)10-23-11-15)18(22)13-4-5-16-12(7-13)3-2-6-24-16/h4-5,7,14-15H,2-3,6,8-11H2,1H3/t14-,15+/m1/s1. The molecule has 2 amide bonds. The predicted octanol–water partition coefficient (Wildman–Crippen LogP) is 0.941. The van der Waals surface area contributed by atoms with Crippen molar-refractivity contribution in [2.24, 2.45) is 5.92 Å². The lowest BCUT2D eigenvalue weighted by molar-refractivity contribution is -0.133. The number of ether oxygens (including phenoxy) is 2. The molecule has 2 atom stereocenters. The van der Waals surface area contributed by atoms with Crippen LogP contribution in [0, 0.1) is 5.92 Å². The van der Waals surface area contributed by atoms with E-state index < -0.39 is 0 Å². The Labute approximate surface area is 141 Å². The van der Waals surface area contributed by atoms with E-state index in [9.17, 15) is 9.59 Å². The Bertz CT molecular complexity index is 675.